The molecule has 28 heavy (non-hydrogen) atoms. The summed E-state index contributed by atoms with van der Waals surface area (Å²) in [6, 6.07) is 9.44. The lowest BCUT2D eigenvalue weighted by molar-refractivity contribution is -0.134. The molecule has 3 heterocycles. The molecule has 1 aliphatic carbocycles. The zero-order valence-corrected chi connectivity index (χ0v) is 15.5. The van der Waals surface area contributed by atoms with Gasteiger partial charge in [0.2, 0.25) is 5.91 Å². The Morgan fingerprint density at radius 2 is 1.93 bits per heavy atom. The number of nitrogens with zero attached hydrogens (tertiary/aromatic N) is 4. The molecule has 1 unspecified atom stereocenters. The Bertz CT molecular complexity index is 1040. The molecule has 2 fully saturated rings. The Morgan fingerprint density at radius 3 is 2.68 bits per heavy atom. The van der Waals surface area contributed by atoms with Gasteiger partial charge in [-0.3, -0.25) is 19.0 Å². The summed E-state index contributed by atoms with van der Waals surface area (Å²) in [6.07, 6.45) is 2.61. The van der Waals surface area contributed by atoms with E-state index < -0.39 is 16.7 Å². The molecule has 2 aliphatic heterocycles. The first-order valence-electron chi connectivity index (χ1n) is 9.72. The largest absolute Gasteiger partial charge is 0.363 e. The van der Waals surface area contributed by atoms with Gasteiger partial charge in [-0.15, -0.1) is 0 Å². The minimum Gasteiger partial charge on any atom is -0.363 e. The first-order valence-corrected chi connectivity index (χ1v) is 9.72. The molecular weight excluding hydrogens is 360 g/mol. The van der Waals surface area contributed by atoms with Gasteiger partial charge >= 0.3 is 11.1 Å². The van der Waals surface area contributed by atoms with Crippen LogP contribution < -0.4 is 11.1 Å². The maximum atomic E-state index is 12.8. The van der Waals surface area contributed by atoms with Gasteiger partial charge in [0.05, 0.1) is 19.6 Å². The van der Waals surface area contributed by atoms with Gasteiger partial charge in [0.25, 0.3) is 0 Å². The van der Waals surface area contributed by atoms with Crippen LogP contribution in [-0.2, 0) is 29.2 Å². The Morgan fingerprint density at radius 1 is 1.14 bits per heavy atom. The third-order valence-electron chi connectivity index (χ3n) is 5.89. The molecule has 8 heteroatoms. The summed E-state index contributed by atoms with van der Waals surface area (Å²) in [5.74, 6) is 0.814. The molecule has 1 atom stereocenters. The minimum atomic E-state index is -0.631. The minimum absolute atomic E-state index is 0.162. The van der Waals surface area contributed by atoms with E-state index in [9.17, 15) is 14.4 Å². The summed E-state index contributed by atoms with van der Waals surface area (Å²) in [6.45, 7) is 1.79. The molecule has 3 aliphatic rings. The van der Waals surface area contributed by atoms with Crippen LogP contribution in [0.5, 0.6) is 0 Å². The number of ether oxygens (including phenoxy) is 1. The molecule has 146 valence electrons. The van der Waals surface area contributed by atoms with E-state index in [2.05, 4.69) is 5.10 Å². The normalized spacial score (nSPS) is 23.8. The fourth-order valence-electron chi connectivity index (χ4n) is 4.13. The van der Waals surface area contributed by atoms with E-state index in [4.69, 9.17) is 4.74 Å². The van der Waals surface area contributed by atoms with Crippen LogP contribution in [0.3, 0.4) is 0 Å². The maximum Gasteiger partial charge on any atom is 0.332 e. The third kappa shape index (κ3) is 2.97. The molecule has 8 nitrogen and oxygen atoms in total. The standard InChI is InChI=1S/C20H22N4O4/c25-17(15-6-7-15)22-9-8-20(12-22)13-23-16(11-28-20)21-24(19(27)18(23)26)10-14-4-2-1-3-5-14/h1-5,15H,6-13H2. The highest BCUT2D eigenvalue weighted by Gasteiger charge is 2.46. The zero-order valence-electron chi connectivity index (χ0n) is 15.5. The summed E-state index contributed by atoms with van der Waals surface area (Å²) >= 11 is 0. The first kappa shape index (κ1) is 17.4. The fraction of sp³-hybridized carbons (Fsp3) is 0.500. The van der Waals surface area contributed by atoms with Gasteiger partial charge in [0.1, 0.15) is 12.2 Å². The quantitative estimate of drug-likeness (QED) is 0.716. The second-order valence-corrected chi connectivity index (χ2v) is 8.01. The van der Waals surface area contributed by atoms with E-state index in [1.807, 2.05) is 35.2 Å². The highest BCUT2D eigenvalue weighted by atomic mass is 16.5. The number of hydrogen-bond donors (Lipinski definition) is 0. The molecule has 1 amide bonds. The third-order valence-corrected chi connectivity index (χ3v) is 5.89. The zero-order chi connectivity index (χ0) is 19.3. The Hall–Kier alpha value is -2.74. The van der Waals surface area contributed by atoms with Crippen LogP contribution in [0.25, 0.3) is 0 Å². The van der Waals surface area contributed by atoms with E-state index in [0.29, 0.717) is 25.3 Å². The summed E-state index contributed by atoms with van der Waals surface area (Å²) in [5.41, 5.74) is -0.898. The number of benzene rings is 1. The van der Waals surface area contributed by atoms with Gasteiger partial charge in [-0.25, -0.2) is 4.68 Å². The van der Waals surface area contributed by atoms with Crippen LogP contribution in [0.4, 0.5) is 0 Å². The predicted octanol–water partition coefficient (Wildman–Crippen LogP) is 0.365. The number of rotatable bonds is 3. The molecule has 5 rings (SSSR count). The monoisotopic (exact) mass is 382 g/mol. The molecule has 0 radical (unpaired) electrons. The average molecular weight is 382 g/mol. The highest BCUT2D eigenvalue weighted by molar-refractivity contribution is 5.81. The molecule has 1 saturated heterocycles. The van der Waals surface area contributed by atoms with Crippen molar-refractivity contribution in [3.05, 3.63) is 62.4 Å². The molecule has 0 N–H and O–H groups in total. The van der Waals surface area contributed by atoms with E-state index in [1.54, 1.807) is 0 Å². The van der Waals surface area contributed by atoms with Crippen molar-refractivity contribution in [1.29, 1.82) is 0 Å². The van der Waals surface area contributed by atoms with Crippen molar-refractivity contribution in [2.75, 3.05) is 13.1 Å². The Kier molecular flexibility index (Phi) is 3.97. The highest BCUT2D eigenvalue weighted by Crippen LogP contribution is 2.36. The average Bonchev–Trinajstić information content (AvgIpc) is 3.49. The van der Waals surface area contributed by atoms with Crippen LogP contribution in [0.2, 0.25) is 0 Å². The first-order chi connectivity index (χ1) is 13.5. The van der Waals surface area contributed by atoms with Gasteiger partial charge in [-0.1, -0.05) is 30.3 Å². The van der Waals surface area contributed by atoms with E-state index in [1.165, 1.54) is 9.25 Å². The van der Waals surface area contributed by atoms with E-state index in [-0.39, 0.29) is 31.5 Å². The summed E-state index contributed by atoms with van der Waals surface area (Å²) in [7, 11) is 0. The van der Waals surface area contributed by atoms with E-state index in [0.717, 1.165) is 18.4 Å². The second-order valence-electron chi connectivity index (χ2n) is 8.01. The van der Waals surface area contributed by atoms with Gasteiger partial charge in [0.15, 0.2) is 5.82 Å². The van der Waals surface area contributed by atoms with Crippen molar-refractivity contribution in [3.63, 3.8) is 0 Å². The van der Waals surface area contributed by atoms with E-state index >= 15 is 0 Å². The van der Waals surface area contributed by atoms with Gasteiger partial charge in [-0.05, 0) is 24.8 Å². The van der Waals surface area contributed by atoms with Crippen LogP contribution in [-0.4, -0.2) is 43.8 Å². The lowest BCUT2D eigenvalue weighted by atomic mass is 10.0. The topological polar surface area (TPSA) is 86.4 Å². The number of likely N-dealkylation sites (tertiary alicyclic amines) is 1. The van der Waals surface area contributed by atoms with Gasteiger partial charge in [-0.2, -0.15) is 5.10 Å². The number of amides is 1. The number of carbonyl (C=O) groups excluding carboxylic acids is 1. The Balaban J connectivity index is 1.41. The molecule has 2 aromatic rings. The summed E-state index contributed by atoms with van der Waals surface area (Å²) < 4.78 is 8.76. The van der Waals surface area contributed by atoms with Crippen molar-refractivity contribution in [1.82, 2.24) is 19.2 Å². The van der Waals surface area contributed by atoms with Crippen molar-refractivity contribution in [2.24, 2.45) is 5.92 Å². The van der Waals surface area contributed by atoms with Gasteiger partial charge in [0, 0.05) is 12.5 Å². The molecule has 0 bridgehead atoms. The second kappa shape index (κ2) is 6.41. The molecule has 1 saturated carbocycles. The summed E-state index contributed by atoms with van der Waals surface area (Å²) in [5, 5.41) is 4.38. The van der Waals surface area contributed by atoms with Crippen molar-refractivity contribution in [2.45, 2.75) is 44.6 Å². The van der Waals surface area contributed by atoms with Crippen LogP contribution in [0.1, 0.15) is 30.7 Å². The molecule has 1 aromatic carbocycles. The van der Waals surface area contributed by atoms with Crippen molar-refractivity contribution in [3.8, 4) is 0 Å². The van der Waals surface area contributed by atoms with Crippen LogP contribution in [0.15, 0.2) is 39.9 Å². The van der Waals surface area contributed by atoms with Crippen molar-refractivity contribution < 1.29 is 9.53 Å². The molecule has 1 spiro atoms. The lowest BCUT2D eigenvalue weighted by Crippen LogP contribution is -2.53. The number of aromatic nitrogens is 3. The summed E-state index contributed by atoms with van der Waals surface area (Å²) in [4.78, 5) is 39.5. The van der Waals surface area contributed by atoms with Crippen LogP contribution >= 0.6 is 0 Å². The van der Waals surface area contributed by atoms with Crippen molar-refractivity contribution >= 4 is 5.91 Å². The van der Waals surface area contributed by atoms with Gasteiger partial charge < -0.3 is 9.64 Å². The predicted molar refractivity (Wildman–Crippen MR) is 99.7 cm³/mol. The maximum absolute atomic E-state index is 12.8. The SMILES string of the molecule is O=C(C1CC1)N1CCC2(C1)Cn1c(nn(Cc3ccccc3)c(=O)c1=O)CO2. The number of fused-ring (bicyclic) bond motifs is 1. The number of carbonyl (C=O) groups is 1. The number of hydrogen-bond acceptors (Lipinski definition) is 5. The lowest BCUT2D eigenvalue weighted by Gasteiger charge is -2.35. The van der Waals surface area contributed by atoms with Crippen LogP contribution in [0, 0.1) is 5.92 Å². The smallest absolute Gasteiger partial charge is 0.332 e. The molecular formula is C20H22N4O4. The fourth-order valence-corrected chi connectivity index (χ4v) is 4.13. The Labute approximate surface area is 161 Å². The molecule has 1 aromatic heterocycles.